The Labute approximate surface area is 246 Å². The normalized spacial score (nSPS) is 11.3. The minimum Gasteiger partial charge on any atom is -0.507 e. The number of aromatic hydroxyl groups is 2. The van der Waals surface area contributed by atoms with E-state index in [0.717, 1.165) is 89.0 Å². The fourth-order valence-electron chi connectivity index (χ4n) is 4.76. The standard InChI is InChI=1S/C35H48O6/c1-6-8-10-38-12-14-40-23-30-18-26(4)20-32(34(30)36)28-16-25(3)17-29(22-28)33-21-27(5)19-31(35(33)37)24-41-15-13-39-11-9-7-2/h16-22,36-37H,6-15,23-24H2,1-5H3. The molecule has 0 bridgehead atoms. The van der Waals surface area contributed by atoms with Crippen LogP contribution in [-0.4, -0.2) is 49.9 Å². The second kappa shape index (κ2) is 17.1. The van der Waals surface area contributed by atoms with Gasteiger partial charge in [0, 0.05) is 35.5 Å². The topological polar surface area (TPSA) is 77.4 Å². The van der Waals surface area contributed by atoms with Gasteiger partial charge in [0.25, 0.3) is 0 Å². The van der Waals surface area contributed by atoms with E-state index in [1.165, 1.54) is 0 Å². The Morgan fingerprint density at radius 2 is 0.878 bits per heavy atom. The molecule has 3 aromatic rings. The van der Waals surface area contributed by atoms with Crippen molar-refractivity contribution in [2.45, 2.75) is 73.5 Å². The van der Waals surface area contributed by atoms with E-state index in [4.69, 9.17) is 18.9 Å². The lowest BCUT2D eigenvalue weighted by atomic mass is 9.92. The summed E-state index contributed by atoms with van der Waals surface area (Å²) in [5, 5.41) is 22.5. The molecule has 0 aliphatic rings. The third-order valence-electron chi connectivity index (χ3n) is 6.91. The Hall–Kier alpha value is -2.90. The summed E-state index contributed by atoms with van der Waals surface area (Å²) in [6.45, 7) is 14.5. The van der Waals surface area contributed by atoms with E-state index in [1.807, 2.05) is 51.1 Å². The molecule has 3 rings (SSSR count). The summed E-state index contributed by atoms with van der Waals surface area (Å²) in [5.74, 6) is 0.422. The third-order valence-corrected chi connectivity index (χ3v) is 6.91. The Kier molecular flexibility index (Phi) is 13.6. The second-order valence-electron chi connectivity index (χ2n) is 10.8. The Bertz CT molecular complexity index is 1140. The highest BCUT2D eigenvalue weighted by molar-refractivity contribution is 5.81. The van der Waals surface area contributed by atoms with Crippen LogP contribution >= 0.6 is 0 Å². The average Bonchev–Trinajstić information content (AvgIpc) is 2.94. The zero-order valence-electron chi connectivity index (χ0n) is 25.6. The fraction of sp³-hybridized carbons (Fsp3) is 0.486. The van der Waals surface area contributed by atoms with Crippen LogP contribution in [0.25, 0.3) is 22.3 Å². The second-order valence-corrected chi connectivity index (χ2v) is 10.8. The number of ether oxygens (including phenoxy) is 4. The average molecular weight is 565 g/mol. The number of rotatable bonds is 18. The number of aryl methyl sites for hydroxylation is 3. The summed E-state index contributed by atoms with van der Waals surface area (Å²) in [6, 6.07) is 14.0. The summed E-state index contributed by atoms with van der Waals surface area (Å²) in [5.41, 5.74) is 7.84. The van der Waals surface area contributed by atoms with E-state index >= 15 is 0 Å². The molecule has 2 N–H and O–H groups in total. The summed E-state index contributed by atoms with van der Waals surface area (Å²) in [7, 11) is 0. The van der Waals surface area contributed by atoms with Crippen molar-refractivity contribution in [3.63, 3.8) is 0 Å². The molecule has 0 aliphatic heterocycles. The van der Waals surface area contributed by atoms with E-state index in [-0.39, 0.29) is 11.5 Å². The van der Waals surface area contributed by atoms with Crippen LogP contribution in [0.2, 0.25) is 0 Å². The first-order valence-corrected chi connectivity index (χ1v) is 14.9. The van der Waals surface area contributed by atoms with Crippen LogP contribution in [0.1, 0.15) is 67.3 Å². The van der Waals surface area contributed by atoms with Gasteiger partial charge in [0.15, 0.2) is 0 Å². The predicted molar refractivity (Wildman–Crippen MR) is 166 cm³/mol. The molecule has 0 fully saturated rings. The molecule has 0 heterocycles. The van der Waals surface area contributed by atoms with Crippen LogP contribution in [0, 0.1) is 20.8 Å². The van der Waals surface area contributed by atoms with Gasteiger partial charge in [-0.05, 0) is 79.6 Å². The van der Waals surface area contributed by atoms with Gasteiger partial charge in [-0.15, -0.1) is 0 Å². The van der Waals surface area contributed by atoms with E-state index in [0.29, 0.717) is 39.6 Å². The molecule has 6 nitrogen and oxygen atoms in total. The highest BCUT2D eigenvalue weighted by Crippen LogP contribution is 2.40. The van der Waals surface area contributed by atoms with Gasteiger partial charge in [-0.3, -0.25) is 0 Å². The fourth-order valence-corrected chi connectivity index (χ4v) is 4.76. The third kappa shape index (κ3) is 10.2. The molecule has 0 aromatic heterocycles. The number of benzene rings is 3. The van der Waals surface area contributed by atoms with Gasteiger partial charge in [-0.2, -0.15) is 0 Å². The summed E-state index contributed by atoms with van der Waals surface area (Å²) in [4.78, 5) is 0. The van der Waals surface area contributed by atoms with Crippen LogP contribution in [0.15, 0.2) is 42.5 Å². The van der Waals surface area contributed by atoms with Crippen LogP contribution in [0.5, 0.6) is 11.5 Å². The van der Waals surface area contributed by atoms with Crippen molar-refractivity contribution < 1.29 is 29.2 Å². The van der Waals surface area contributed by atoms with Gasteiger partial charge in [0.05, 0.1) is 39.6 Å². The Morgan fingerprint density at radius 3 is 1.29 bits per heavy atom. The predicted octanol–water partition coefficient (Wildman–Crippen LogP) is 8.02. The molecule has 0 radical (unpaired) electrons. The maximum absolute atomic E-state index is 11.2. The van der Waals surface area contributed by atoms with Gasteiger partial charge < -0.3 is 29.2 Å². The summed E-state index contributed by atoms with van der Waals surface area (Å²) in [6.07, 6.45) is 4.31. The van der Waals surface area contributed by atoms with E-state index < -0.39 is 0 Å². The molecule has 41 heavy (non-hydrogen) atoms. The quantitative estimate of drug-likeness (QED) is 0.152. The number of phenols is 2. The van der Waals surface area contributed by atoms with Crippen molar-refractivity contribution in [2.75, 3.05) is 39.6 Å². The highest BCUT2D eigenvalue weighted by atomic mass is 16.5. The number of hydrogen-bond donors (Lipinski definition) is 2. The first-order valence-electron chi connectivity index (χ1n) is 14.9. The van der Waals surface area contributed by atoms with Crippen molar-refractivity contribution in [1.82, 2.24) is 0 Å². The lowest BCUT2D eigenvalue weighted by molar-refractivity contribution is 0.0391. The van der Waals surface area contributed by atoms with E-state index in [1.54, 1.807) is 0 Å². The Morgan fingerprint density at radius 1 is 0.488 bits per heavy atom. The van der Waals surface area contributed by atoms with Crippen molar-refractivity contribution in [1.29, 1.82) is 0 Å². The lowest BCUT2D eigenvalue weighted by Crippen LogP contribution is -2.05. The molecule has 6 heteroatoms. The molecule has 3 aromatic carbocycles. The number of phenolic OH excluding ortho intramolecular Hbond substituents is 2. The molecule has 224 valence electrons. The molecular weight excluding hydrogens is 516 g/mol. The van der Waals surface area contributed by atoms with Crippen LogP contribution in [-0.2, 0) is 32.2 Å². The number of hydrogen-bond acceptors (Lipinski definition) is 6. The van der Waals surface area contributed by atoms with Gasteiger partial charge >= 0.3 is 0 Å². The first-order chi connectivity index (χ1) is 19.8. The monoisotopic (exact) mass is 564 g/mol. The highest BCUT2D eigenvalue weighted by Gasteiger charge is 2.16. The van der Waals surface area contributed by atoms with Gasteiger partial charge in [-0.25, -0.2) is 0 Å². The van der Waals surface area contributed by atoms with Gasteiger partial charge in [0.1, 0.15) is 11.5 Å². The molecule has 0 atom stereocenters. The zero-order chi connectivity index (χ0) is 29.6. The minimum atomic E-state index is 0.211. The van der Waals surface area contributed by atoms with Crippen LogP contribution < -0.4 is 0 Å². The number of unbranched alkanes of at least 4 members (excludes halogenated alkanes) is 2. The zero-order valence-corrected chi connectivity index (χ0v) is 25.6. The maximum atomic E-state index is 11.2. The SMILES string of the molecule is CCCCOCCOCc1cc(C)cc(-c2cc(C)cc(-c3cc(C)cc(COCCOCCCC)c3O)c2)c1O. The molecule has 0 saturated heterocycles. The molecule has 0 aliphatic carbocycles. The van der Waals surface area contributed by atoms with Crippen molar-refractivity contribution >= 4 is 0 Å². The maximum Gasteiger partial charge on any atom is 0.128 e. The Balaban J connectivity index is 1.78. The molecular formula is C35H48O6. The van der Waals surface area contributed by atoms with Gasteiger partial charge in [0.2, 0.25) is 0 Å². The summed E-state index contributed by atoms with van der Waals surface area (Å²) < 4.78 is 22.8. The lowest BCUT2D eigenvalue weighted by Gasteiger charge is -2.16. The molecule has 0 saturated carbocycles. The van der Waals surface area contributed by atoms with Crippen LogP contribution in [0.4, 0.5) is 0 Å². The van der Waals surface area contributed by atoms with E-state index in [2.05, 4.69) is 26.0 Å². The minimum absolute atomic E-state index is 0.211. The van der Waals surface area contributed by atoms with Crippen molar-refractivity contribution in [2.24, 2.45) is 0 Å². The molecule has 0 amide bonds. The van der Waals surface area contributed by atoms with Crippen molar-refractivity contribution in [3.8, 4) is 33.8 Å². The largest absolute Gasteiger partial charge is 0.507 e. The van der Waals surface area contributed by atoms with Crippen LogP contribution in [0.3, 0.4) is 0 Å². The summed E-state index contributed by atoms with van der Waals surface area (Å²) >= 11 is 0. The smallest absolute Gasteiger partial charge is 0.128 e. The van der Waals surface area contributed by atoms with E-state index in [9.17, 15) is 10.2 Å². The molecule has 0 unspecified atom stereocenters. The first kappa shape index (κ1) is 32.6. The van der Waals surface area contributed by atoms with Gasteiger partial charge in [-0.1, -0.05) is 51.0 Å². The van der Waals surface area contributed by atoms with Crippen molar-refractivity contribution in [3.05, 3.63) is 70.3 Å². The molecule has 0 spiro atoms.